The van der Waals surface area contributed by atoms with E-state index < -0.39 is 0 Å². The van der Waals surface area contributed by atoms with Gasteiger partial charge in [0.2, 0.25) is 0 Å². The molecule has 88 valence electrons. The van der Waals surface area contributed by atoms with Crippen molar-refractivity contribution in [2.45, 2.75) is 0 Å². The lowest BCUT2D eigenvalue weighted by Crippen LogP contribution is -2.10. The van der Waals surface area contributed by atoms with Gasteiger partial charge in [0.15, 0.2) is 16.6 Å². The van der Waals surface area contributed by atoms with Crippen molar-refractivity contribution in [3.05, 3.63) is 40.1 Å². The smallest absolute Gasteiger partial charge is 0.191 e. The lowest BCUT2D eigenvalue weighted by molar-refractivity contribution is 0.112. The summed E-state index contributed by atoms with van der Waals surface area (Å²) in [5.74, 6) is -0.353. The number of thiazole rings is 1. The second-order valence-corrected chi connectivity index (χ2v) is 4.65. The Kier molecular flexibility index (Phi) is 3.40. The molecule has 17 heavy (non-hydrogen) atoms. The van der Waals surface area contributed by atoms with Crippen molar-refractivity contribution < 1.29 is 9.18 Å². The summed E-state index contributed by atoms with van der Waals surface area (Å²) in [6.45, 7) is 0. The highest BCUT2D eigenvalue weighted by Crippen LogP contribution is 2.32. The van der Waals surface area contributed by atoms with Gasteiger partial charge < -0.3 is 4.90 Å². The predicted octanol–water partition coefficient (Wildman–Crippen LogP) is 3.52. The predicted molar refractivity (Wildman–Crippen MR) is 67.0 cm³/mol. The van der Waals surface area contributed by atoms with Crippen LogP contribution in [0.2, 0.25) is 5.15 Å². The largest absolute Gasteiger partial charge is 0.318 e. The number of rotatable bonds is 3. The summed E-state index contributed by atoms with van der Waals surface area (Å²) in [6.07, 6.45) is 0.638. The summed E-state index contributed by atoms with van der Waals surface area (Å²) in [6, 6.07) is 6.33. The molecule has 0 atom stereocenters. The molecule has 0 spiro atoms. The van der Waals surface area contributed by atoms with Crippen molar-refractivity contribution in [2.24, 2.45) is 0 Å². The van der Waals surface area contributed by atoms with E-state index in [0.717, 1.165) is 11.3 Å². The van der Waals surface area contributed by atoms with Crippen LogP contribution in [0.25, 0.3) is 0 Å². The lowest BCUT2D eigenvalue weighted by Gasteiger charge is -2.15. The maximum atomic E-state index is 13.5. The van der Waals surface area contributed by atoms with Crippen LogP contribution in [0.4, 0.5) is 15.2 Å². The molecular formula is C11H8ClFN2OS. The molecule has 0 fully saturated rings. The zero-order chi connectivity index (χ0) is 12.4. The molecule has 6 heteroatoms. The van der Waals surface area contributed by atoms with Gasteiger partial charge in [-0.2, -0.15) is 0 Å². The first-order chi connectivity index (χ1) is 8.13. The molecule has 3 nitrogen and oxygen atoms in total. The number of anilines is 2. The first kappa shape index (κ1) is 12.0. The van der Waals surface area contributed by atoms with Crippen LogP contribution >= 0.6 is 22.9 Å². The lowest BCUT2D eigenvalue weighted by atomic mass is 10.3. The molecule has 0 unspecified atom stereocenters. The summed E-state index contributed by atoms with van der Waals surface area (Å²) < 4.78 is 13.5. The maximum Gasteiger partial charge on any atom is 0.191 e. The van der Waals surface area contributed by atoms with Gasteiger partial charge in [0.25, 0.3) is 0 Å². The van der Waals surface area contributed by atoms with Crippen LogP contribution < -0.4 is 4.90 Å². The van der Waals surface area contributed by atoms with Gasteiger partial charge in [0, 0.05) is 7.05 Å². The Morgan fingerprint density at radius 3 is 2.76 bits per heavy atom. The van der Waals surface area contributed by atoms with Crippen LogP contribution in [-0.4, -0.2) is 18.3 Å². The number of nitrogens with zero attached hydrogens (tertiary/aromatic N) is 2. The molecule has 0 saturated carbocycles. The summed E-state index contributed by atoms with van der Waals surface area (Å²) >= 11 is 6.88. The van der Waals surface area contributed by atoms with Gasteiger partial charge in [-0.05, 0) is 12.1 Å². The van der Waals surface area contributed by atoms with E-state index in [0.29, 0.717) is 22.0 Å². The van der Waals surface area contributed by atoms with Gasteiger partial charge in [0.05, 0.1) is 5.69 Å². The Labute approximate surface area is 106 Å². The zero-order valence-electron chi connectivity index (χ0n) is 8.85. The van der Waals surface area contributed by atoms with Crippen LogP contribution in [0.15, 0.2) is 24.3 Å². The number of para-hydroxylation sites is 1. The third-order valence-corrected chi connectivity index (χ3v) is 3.66. The third-order valence-electron chi connectivity index (χ3n) is 2.21. The van der Waals surface area contributed by atoms with E-state index in [1.54, 1.807) is 30.1 Å². The molecule has 0 aliphatic carbocycles. The van der Waals surface area contributed by atoms with E-state index in [1.165, 1.54) is 6.07 Å². The normalized spacial score (nSPS) is 10.3. The van der Waals surface area contributed by atoms with Crippen molar-refractivity contribution in [3.63, 3.8) is 0 Å². The molecule has 0 radical (unpaired) electrons. The quantitative estimate of drug-likeness (QED) is 0.800. The van der Waals surface area contributed by atoms with Crippen LogP contribution in [0, 0.1) is 5.82 Å². The van der Waals surface area contributed by atoms with E-state index in [4.69, 9.17) is 11.6 Å². The van der Waals surface area contributed by atoms with E-state index in [2.05, 4.69) is 4.98 Å². The first-order valence-electron chi connectivity index (χ1n) is 4.73. The molecule has 0 N–H and O–H groups in total. The Morgan fingerprint density at radius 1 is 1.47 bits per heavy atom. The fourth-order valence-electron chi connectivity index (χ4n) is 1.35. The van der Waals surface area contributed by atoms with E-state index >= 15 is 0 Å². The topological polar surface area (TPSA) is 33.2 Å². The van der Waals surface area contributed by atoms with Gasteiger partial charge in [-0.25, -0.2) is 9.37 Å². The molecule has 1 heterocycles. The number of carbonyl (C=O) groups is 1. The Bertz CT molecular complexity index is 558. The molecular weight excluding hydrogens is 263 g/mol. The van der Waals surface area contributed by atoms with Gasteiger partial charge in [-0.1, -0.05) is 35.1 Å². The first-order valence-corrected chi connectivity index (χ1v) is 5.92. The minimum Gasteiger partial charge on any atom is -0.318 e. The second kappa shape index (κ2) is 4.81. The van der Waals surface area contributed by atoms with Crippen molar-refractivity contribution in [1.29, 1.82) is 0 Å². The van der Waals surface area contributed by atoms with Crippen LogP contribution in [0.3, 0.4) is 0 Å². The summed E-state index contributed by atoms with van der Waals surface area (Å²) in [5, 5.41) is 0.616. The molecule has 1 aromatic heterocycles. The zero-order valence-corrected chi connectivity index (χ0v) is 10.4. The second-order valence-electron chi connectivity index (χ2n) is 3.28. The number of benzene rings is 1. The molecule has 0 amide bonds. The molecule has 0 aliphatic heterocycles. The molecule has 1 aromatic carbocycles. The van der Waals surface area contributed by atoms with Crippen molar-refractivity contribution in [1.82, 2.24) is 4.98 Å². The summed E-state index contributed by atoms with van der Waals surface area (Å²) in [5.41, 5.74) is 0.385. The Hall–Kier alpha value is -1.46. The number of hydrogen-bond donors (Lipinski definition) is 0. The third kappa shape index (κ3) is 2.30. The standard InChI is InChI=1S/C11H8ClFN2OS/c1-15(8-5-3-2-4-7(8)13)11-14-10(12)9(6-16)17-11/h2-6H,1H3. The van der Waals surface area contributed by atoms with Gasteiger partial charge in [0.1, 0.15) is 10.7 Å². The molecule has 0 bridgehead atoms. The highest BCUT2D eigenvalue weighted by atomic mass is 35.5. The maximum absolute atomic E-state index is 13.5. The van der Waals surface area contributed by atoms with Crippen LogP contribution in [0.5, 0.6) is 0 Å². The highest BCUT2D eigenvalue weighted by Gasteiger charge is 2.15. The van der Waals surface area contributed by atoms with Crippen molar-refractivity contribution in [2.75, 3.05) is 11.9 Å². The number of halogens is 2. The number of aldehydes is 1. The van der Waals surface area contributed by atoms with Crippen LogP contribution in [-0.2, 0) is 0 Å². The van der Waals surface area contributed by atoms with E-state index in [1.807, 2.05) is 0 Å². The summed E-state index contributed by atoms with van der Waals surface area (Å²) in [7, 11) is 1.67. The molecule has 0 saturated heterocycles. The average Bonchev–Trinajstić information content (AvgIpc) is 2.70. The monoisotopic (exact) mass is 270 g/mol. The highest BCUT2D eigenvalue weighted by molar-refractivity contribution is 7.17. The van der Waals surface area contributed by atoms with Gasteiger partial charge in [-0.3, -0.25) is 4.79 Å². The minimum absolute atomic E-state index is 0.142. The van der Waals surface area contributed by atoms with Gasteiger partial charge >= 0.3 is 0 Å². The average molecular weight is 271 g/mol. The Morgan fingerprint density at radius 2 is 2.18 bits per heavy atom. The fraction of sp³-hybridized carbons (Fsp3) is 0.0909. The summed E-state index contributed by atoms with van der Waals surface area (Å²) in [4.78, 5) is 16.6. The van der Waals surface area contributed by atoms with E-state index in [-0.39, 0.29) is 11.0 Å². The van der Waals surface area contributed by atoms with Crippen molar-refractivity contribution >= 4 is 40.0 Å². The SMILES string of the molecule is CN(c1nc(Cl)c(C=O)s1)c1ccccc1F. The minimum atomic E-state index is -0.353. The van der Waals surface area contributed by atoms with E-state index in [9.17, 15) is 9.18 Å². The molecule has 0 aliphatic rings. The number of aromatic nitrogens is 1. The Balaban J connectivity index is 2.40. The molecule has 2 aromatic rings. The van der Waals surface area contributed by atoms with Crippen LogP contribution in [0.1, 0.15) is 9.67 Å². The number of hydrogen-bond acceptors (Lipinski definition) is 4. The molecule has 2 rings (SSSR count). The van der Waals surface area contributed by atoms with Crippen molar-refractivity contribution in [3.8, 4) is 0 Å². The van der Waals surface area contributed by atoms with Gasteiger partial charge in [-0.15, -0.1) is 0 Å². The number of carbonyl (C=O) groups excluding carboxylic acids is 1. The fourth-order valence-corrected chi connectivity index (χ4v) is 2.38.